The molecular weight excluding hydrogens is 344 g/mol. The fourth-order valence-corrected chi connectivity index (χ4v) is 2.53. The highest BCUT2D eigenvalue weighted by atomic mass is 79.9. The topological polar surface area (TPSA) is 66.9 Å². The molecule has 0 fully saturated rings. The van der Waals surface area contributed by atoms with Crippen LogP contribution >= 0.6 is 15.9 Å². The predicted molar refractivity (Wildman–Crippen MR) is 91.6 cm³/mol. The van der Waals surface area contributed by atoms with Gasteiger partial charge in [-0.25, -0.2) is 9.97 Å². The Morgan fingerprint density at radius 1 is 1.23 bits per heavy atom. The Bertz CT molecular complexity index is 688. The van der Waals surface area contributed by atoms with Crippen LogP contribution in [0.4, 0.5) is 11.5 Å². The minimum absolute atomic E-state index is 0.182. The molecule has 116 valence electrons. The van der Waals surface area contributed by atoms with E-state index < -0.39 is 0 Å². The number of benzene rings is 1. The van der Waals surface area contributed by atoms with Gasteiger partial charge in [-0.05, 0) is 53.9 Å². The molecule has 2 aromatic rings. The number of amides is 1. The van der Waals surface area contributed by atoms with Crippen molar-refractivity contribution >= 4 is 33.3 Å². The number of carbonyl (C=O) groups is 1. The van der Waals surface area contributed by atoms with Gasteiger partial charge in [-0.2, -0.15) is 0 Å². The summed E-state index contributed by atoms with van der Waals surface area (Å²) in [5.74, 6) is 0.965. The molecule has 0 saturated heterocycles. The molecule has 1 aromatic carbocycles. The molecule has 1 heterocycles. The van der Waals surface area contributed by atoms with E-state index in [-0.39, 0.29) is 5.91 Å². The molecule has 0 bridgehead atoms. The van der Waals surface area contributed by atoms with Crippen molar-refractivity contribution in [3.05, 3.63) is 45.8 Å². The van der Waals surface area contributed by atoms with Gasteiger partial charge in [-0.15, -0.1) is 0 Å². The third-order valence-corrected chi connectivity index (χ3v) is 3.65. The van der Waals surface area contributed by atoms with Crippen LogP contribution in [-0.4, -0.2) is 22.4 Å². The summed E-state index contributed by atoms with van der Waals surface area (Å²) >= 11 is 3.52. The van der Waals surface area contributed by atoms with E-state index in [1.807, 2.05) is 32.0 Å². The zero-order chi connectivity index (χ0) is 16.1. The van der Waals surface area contributed by atoms with Gasteiger partial charge in [0.05, 0.1) is 5.69 Å². The Kier molecular flexibility index (Phi) is 5.49. The summed E-state index contributed by atoms with van der Waals surface area (Å²) in [6.45, 7) is 6.44. The van der Waals surface area contributed by atoms with Gasteiger partial charge in [0.2, 0.25) is 0 Å². The number of anilines is 2. The van der Waals surface area contributed by atoms with Crippen LogP contribution in [0.2, 0.25) is 0 Å². The van der Waals surface area contributed by atoms with Crippen molar-refractivity contribution in [2.24, 2.45) is 0 Å². The van der Waals surface area contributed by atoms with Gasteiger partial charge < -0.3 is 10.6 Å². The first-order chi connectivity index (χ1) is 10.5. The maximum absolute atomic E-state index is 12.0. The molecule has 0 radical (unpaired) electrons. The minimum Gasteiger partial charge on any atom is -0.351 e. The lowest BCUT2D eigenvalue weighted by Crippen LogP contribution is -2.25. The standard InChI is InChI=1S/C16H19BrN4O/c1-4-7-18-16(22)14-9-15(20-11(3)19-14)21-13-6-5-10(2)8-12(13)17/h5-6,8-9H,4,7H2,1-3H3,(H,18,22)(H,19,20,21). The molecule has 0 spiro atoms. The Morgan fingerprint density at radius 3 is 2.68 bits per heavy atom. The molecule has 1 aromatic heterocycles. The van der Waals surface area contributed by atoms with Gasteiger partial charge in [0.15, 0.2) is 0 Å². The highest BCUT2D eigenvalue weighted by Crippen LogP contribution is 2.26. The van der Waals surface area contributed by atoms with E-state index in [0.29, 0.717) is 23.9 Å². The summed E-state index contributed by atoms with van der Waals surface area (Å²) in [5.41, 5.74) is 2.42. The van der Waals surface area contributed by atoms with Crippen molar-refractivity contribution in [3.8, 4) is 0 Å². The van der Waals surface area contributed by atoms with Gasteiger partial charge >= 0.3 is 0 Å². The minimum atomic E-state index is -0.182. The maximum Gasteiger partial charge on any atom is 0.270 e. The zero-order valence-corrected chi connectivity index (χ0v) is 14.5. The van der Waals surface area contributed by atoms with Crippen LogP contribution in [0.5, 0.6) is 0 Å². The molecule has 6 heteroatoms. The van der Waals surface area contributed by atoms with Crippen molar-refractivity contribution in [1.29, 1.82) is 0 Å². The summed E-state index contributed by atoms with van der Waals surface area (Å²) in [7, 11) is 0. The van der Waals surface area contributed by atoms with Crippen molar-refractivity contribution in [3.63, 3.8) is 0 Å². The number of aromatic nitrogens is 2. The smallest absolute Gasteiger partial charge is 0.270 e. The normalized spacial score (nSPS) is 10.4. The van der Waals surface area contributed by atoms with Crippen LogP contribution in [0.3, 0.4) is 0 Å². The molecule has 22 heavy (non-hydrogen) atoms. The van der Waals surface area contributed by atoms with Crippen LogP contribution in [0.25, 0.3) is 0 Å². The zero-order valence-electron chi connectivity index (χ0n) is 12.9. The SMILES string of the molecule is CCCNC(=O)c1cc(Nc2ccc(C)cc2Br)nc(C)n1. The van der Waals surface area contributed by atoms with E-state index >= 15 is 0 Å². The third kappa shape index (κ3) is 4.27. The highest BCUT2D eigenvalue weighted by Gasteiger charge is 2.10. The summed E-state index contributed by atoms with van der Waals surface area (Å²) in [5, 5.41) is 6.03. The molecule has 0 aliphatic rings. The van der Waals surface area contributed by atoms with Gasteiger partial charge in [0.1, 0.15) is 17.3 Å². The molecule has 0 saturated carbocycles. The number of aryl methyl sites for hydroxylation is 2. The van der Waals surface area contributed by atoms with Crippen LogP contribution < -0.4 is 10.6 Å². The van der Waals surface area contributed by atoms with E-state index in [4.69, 9.17) is 0 Å². The van der Waals surface area contributed by atoms with Gasteiger partial charge in [0.25, 0.3) is 5.91 Å². The number of carbonyl (C=O) groups excluding carboxylic acids is 1. The molecule has 0 unspecified atom stereocenters. The lowest BCUT2D eigenvalue weighted by atomic mass is 10.2. The third-order valence-electron chi connectivity index (χ3n) is 2.99. The quantitative estimate of drug-likeness (QED) is 0.849. The first kappa shape index (κ1) is 16.4. The van der Waals surface area contributed by atoms with Crippen LogP contribution in [0.15, 0.2) is 28.7 Å². The van der Waals surface area contributed by atoms with E-state index in [2.05, 4.69) is 36.5 Å². The second-order valence-corrected chi connectivity index (χ2v) is 5.90. The van der Waals surface area contributed by atoms with Gasteiger partial charge in [-0.1, -0.05) is 13.0 Å². The molecule has 2 N–H and O–H groups in total. The van der Waals surface area contributed by atoms with E-state index in [1.165, 1.54) is 0 Å². The summed E-state index contributed by atoms with van der Waals surface area (Å²) in [4.78, 5) is 20.6. The van der Waals surface area contributed by atoms with Crippen LogP contribution in [-0.2, 0) is 0 Å². The summed E-state index contributed by atoms with van der Waals surface area (Å²) < 4.78 is 0.945. The lowest BCUT2D eigenvalue weighted by Gasteiger charge is -2.10. The maximum atomic E-state index is 12.0. The first-order valence-corrected chi connectivity index (χ1v) is 7.96. The molecular formula is C16H19BrN4O. The number of nitrogens with zero attached hydrogens (tertiary/aromatic N) is 2. The molecule has 1 amide bonds. The Morgan fingerprint density at radius 2 is 2.00 bits per heavy atom. The van der Waals surface area contributed by atoms with Crippen LogP contribution in [0, 0.1) is 13.8 Å². The van der Waals surface area contributed by atoms with Crippen molar-refractivity contribution in [1.82, 2.24) is 15.3 Å². The fraction of sp³-hybridized carbons (Fsp3) is 0.312. The molecule has 5 nitrogen and oxygen atoms in total. The van der Waals surface area contributed by atoms with Crippen molar-refractivity contribution in [2.45, 2.75) is 27.2 Å². The van der Waals surface area contributed by atoms with Gasteiger partial charge in [0, 0.05) is 17.1 Å². The fourth-order valence-electron chi connectivity index (χ4n) is 1.94. The first-order valence-electron chi connectivity index (χ1n) is 7.16. The highest BCUT2D eigenvalue weighted by molar-refractivity contribution is 9.10. The van der Waals surface area contributed by atoms with Crippen LogP contribution in [0.1, 0.15) is 35.2 Å². The predicted octanol–water partition coefficient (Wildman–Crippen LogP) is 3.74. The largest absolute Gasteiger partial charge is 0.351 e. The number of hydrogen-bond acceptors (Lipinski definition) is 4. The molecule has 0 aliphatic heterocycles. The van der Waals surface area contributed by atoms with Crippen molar-refractivity contribution in [2.75, 3.05) is 11.9 Å². The Hall–Kier alpha value is -1.95. The lowest BCUT2D eigenvalue weighted by molar-refractivity contribution is 0.0948. The number of rotatable bonds is 5. The van der Waals surface area contributed by atoms with E-state index in [1.54, 1.807) is 13.0 Å². The second-order valence-electron chi connectivity index (χ2n) is 5.05. The average Bonchev–Trinajstić information content (AvgIpc) is 2.47. The van der Waals surface area contributed by atoms with Gasteiger partial charge in [-0.3, -0.25) is 4.79 Å². The molecule has 0 atom stereocenters. The van der Waals surface area contributed by atoms with E-state index in [9.17, 15) is 4.79 Å². The second kappa shape index (κ2) is 7.35. The number of hydrogen-bond donors (Lipinski definition) is 2. The van der Waals surface area contributed by atoms with E-state index in [0.717, 1.165) is 22.1 Å². The molecule has 2 rings (SSSR count). The number of nitrogens with one attached hydrogen (secondary N) is 2. The number of halogens is 1. The average molecular weight is 363 g/mol. The van der Waals surface area contributed by atoms with Crippen molar-refractivity contribution < 1.29 is 4.79 Å². The Labute approximate surface area is 138 Å². The molecule has 0 aliphatic carbocycles. The summed E-state index contributed by atoms with van der Waals surface area (Å²) in [6, 6.07) is 7.65. The summed E-state index contributed by atoms with van der Waals surface area (Å²) in [6.07, 6.45) is 0.886. The Balaban J connectivity index is 2.24. The monoisotopic (exact) mass is 362 g/mol.